The van der Waals surface area contributed by atoms with E-state index in [1.165, 1.54) is 11.1 Å². The molecule has 0 radical (unpaired) electrons. The van der Waals surface area contributed by atoms with Crippen molar-refractivity contribution in [3.05, 3.63) is 64.7 Å². The zero-order chi connectivity index (χ0) is 24.2. The lowest BCUT2D eigenvalue weighted by Crippen LogP contribution is -2.44. The van der Waals surface area contributed by atoms with Crippen LogP contribution in [0.5, 0.6) is 5.75 Å². The van der Waals surface area contributed by atoms with Crippen LogP contribution in [0.15, 0.2) is 42.5 Å². The summed E-state index contributed by atoms with van der Waals surface area (Å²) in [5.41, 5.74) is 4.47. The lowest BCUT2D eigenvalue weighted by Gasteiger charge is -2.32. The molecule has 0 aliphatic carbocycles. The van der Waals surface area contributed by atoms with E-state index in [2.05, 4.69) is 34.1 Å². The van der Waals surface area contributed by atoms with Crippen molar-refractivity contribution in [2.75, 3.05) is 53.0 Å². The molecule has 0 aromatic heterocycles. The van der Waals surface area contributed by atoms with Crippen molar-refractivity contribution in [3.8, 4) is 5.75 Å². The number of hydrogen-bond acceptors (Lipinski definition) is 6. The summed E-state index contributed by atoms with van der Waals surface area (Å²) in [6, 6.07) is 14.4. The first kappa shape index (κ1) is 24.3. The van der Waals surface area contributed by atoms with Gasteiger partial charge in [0.25, 0.3) is 5.91 Å². The van der Waals surface area contributed by atoms with Crippen LogP contribution in [0.2, 0.25) is 0 Å². The molecular weight excluding hydrogens is 442 g/mol. The molecule has 1 saturated heterocycles. The van der Waals surface area contributed by atoms with E-state index in [-0.39, 0.29) is 5.91 Å². The Hall–Kier alpha value is -2.45. The quantitative estimate of drug-likeness (QED) is 0.659. The van der Waals surface area contributed by atoms with Gasteiger partial charge < -0.3 is 19.5 Å². The number of benzene rings is 2. The van der Waals surface area contributed by atoms with Crippen LogP contribution in [0.1, 0.15) is 39.9 Å². The second-order valence-corrected chi connectivity index (χ2v) is 10.0. The van der Waals surface area contributed by atoms with Crippen molar-refractivity contribution in [1.29, 1.82) is 0 Å². The normalized spacial score (nSPS) is 20.6. The summed E-state index contributed by atoms with van der Waals surface area (Å²) in [6.07, 6.45) is 2.88. The van der Waals surface area contributed by atoms with Crippen LogP contribution in [0.3, 0.4) is 0 Å². The fourth-order valence-electron chi connectivity index (χ4n) is 5.55. The second kappa shape index (κ2) is 11.1. The third-order valence-corrected chi connectivity index (χ3v) is 7.57. The number of carbonyl (C=O) groups is 1. The van der Waals surface area contributed by atoms with Crippen LogP contribution in [0, 0.1) is 0 Å². The molecule has 7 heteroatoms. The first-order valence-electron chi connectivity index (χ1n) is 12.9. The molecule has 5 rings (SSSR count). The number of ether oxygens (including phenoxy) is 2. The van der Waals surface area contributed by atoms with Gasteiger partial charge in [-0.1, -0.05) is 30.3 Å². The van der Waals surface area contributed by atoms with Gasteiger partial charge in [0.1, 0.15) is 12.4 Å². The number of amides is 1. The highest BCUT2D eigenvalue weighted by Crippen LogP contribution is 2.26. The number of nitrogens with zero attached hydrogens (tertiary/aromatic N) is 3. The maximum Gasteiger partial charge on any atom is 0.257 e. The van der Waals surface area contributed by atoms with Gasteiger partial charge in [-0.15, -0.1) is 0 Å². The molecule has 7 nitrogen and oxygen atoms in total. The molecule has 0 spiro atoms. The Labute approximate surface area is 208 Å². The zero-order valence-electron chi connectivity index (χ0n) is 20.7. The summed E-state index contributed by atoms with van der Waals surface area (Å²) in [4.78, 5) is 19.7. The Morgan fingerprint density at radius 1 is 1.03 bits per heavy atom. The fraction of sp³-hybridized carbons (Fsp3) is 0.536. The average molecular weight is 480 g/mol. The highest BCUT2D eigenvalue weighted by Gasteiger charge is 2.27. The number of rotatable bonds is 7. The molecule has 0 bridgehead atoms. The molecule has 0 unspecified atom stereocenters. The van der Waals surface area contributed by atoms with Crippen LogP contribution in [0.4, 0.5) is 0 Å². The van der Waals surface area contributed by atoms with Crippen molar-refractivity contribution in [3.63, 3.8) is 0 Å². The molecule has 35 heavy (non-hydrogen) atoms. The largest absolute Gasteiger partial charge is 0.491 e. The Kier molecular flexibility index (Phi) is 7.68. The summed E-state index contributed by atoms with van der Waals surface area (Å²) < 4.78 is 11.5. The van der Waals surface area contributed by atoms with E-state index in [0.29, 0.717) is 43.7 Å². The monoisotopic (exact) mass is 479 g/mol. The maximum atomic E-state index is 13.3. The second-order valence-electron chi connectivity index (χ2n) is 10.0. The smallest absolute Gasteiger partial charge is 0.257 e. The van der Waals surface area contributed by atoms with Crippen LogP contribution in [0.25, 0.3) is 0 Å². The summed E-state index contributed by atoms with van der Waals surface area (Å²) in [7, 11) is 1.79. The minimum Gasteiger partial charge on any atom is -0.491 e. The van der Waals surface area contributed by atoms with Crippen LogP contribution < -0.4 is 4.74 Å². The lowest BCUT2D eigenvalue weighted by atomic mass is 10.00. The molecular formula is C28H37N3O4. The highest BCUT2D eigenvalue weighted by molar-refractivity contribution is 5.97. The number of carbonyl (C=O) groups excluding carboxylic acids is 1. The summed E-state index contributed by atoms with van der Waals surface area (Å²) in [5.74, 6) is 0.594. The Balaban J connectivity index is 1.17. The van der Waals surface area contributed by atoms with Crippen molar-refractivity contribution in [2.24, 2.45) is 0 Å². The molecule has 3 heterocycles. The predicted octanol–water partition coefficient (Wildman–Crippen LogP) is 2.55. The lowest BCUT2D eigenvalue weighted by molar-refractivity contribution is 0.0388. The van der Waals surface area contributed by atoms with Crippen LogP contribution >= 0.6 is 0 Å². The van der Waals surface area contributed by atoms with Gasteiger partial charge >= 0.3 is 0 Å². The number of methoxy groups -OCH3 is 1. The van der Waals surface area contributed by atoms with E-state index in [0.717, 1.165) is 57.5 Å². The number of hydrogen-bond donors (Lipinski definition) is 1. The molecule has 1 atom stereocenters. The summed E-state index contributed by atoms with van der Waals surface area (Å²) in [5, 5.41) is 10.8. The highest BCUT2D eigenvalue weighted by atomic mass is 16.5. The van der Waals surface area contributed by atoms with Crippen LogP contribution in [-0.4, -0.2) is 90.9 Å². The van der Waals surface area contributed by atoms with Crippen molar-refractivity contribution in [2.45, 2.75) is 44.6 Å². The molecule has 1 amide bonds. The Morgan fingerprint density at radius 3 is 2.63 bits per heavy atom. The third-order valence-electron chi connectivity index (χ3n) is 7.57. The van der Waals surface area contributed by atoms with Crippen molar-refractivity contribution >= 4 is 5.91 Å². The van der Waals surface area contributed by atoms with Crippen LogP contribution in [-0.2, 0) is 24.2 Å². The molecule has 2 aromatic carbocycles. The first-order chi connectivity index (χ1) is 17.1. The number of likely N-dealkylation sites (tertiary alicyclic amines) is 1. The maximum absolute atomic E-state index is 13.3. The Bertz CT molecular complexity index is 1020. The van der Waals surface area contributed by atoms with Gasteiger partial charge in [0, 0.05) is 52.9 Å². The number of fused-ring (bicyclic) bond motifs is 2. The molecule has 1 N–H and O–H groups in total. The number of piperidine rings is 1. The molecule has 0 saturated carbocycles. The minimum atomic E-state index is -0.597. The molecule has 2 aromatic rings. The van der Waals surface area contributed by atoms with Gasteiger partial charge in [-0.3, -0.25) is 14.6 Å². The molecule has 1 fully saturated rings. The van der Waals surface area contributed by atoms with Gasteiger partial charge in [-0.25, -0.2) is 0 Å². The Morgan fingerprint density at radius 2 is 1.83 bits per heavy atom. The van der Waals surface area contributed by atoms with Gasteiger partial charge in [0.2, 0.25) is 0 Å². The standard InChI is InChI=1S/C28H37N3O4/c1-34-25-9-12-29(13-10-25)17-21-6-7-26-27(16-21)35-15-14-31(28(26)33)20-24(32)19-30-11-8-22-4-2-3-5-23(22)18-30/h2-7,16,24-25,32H,8-15,17-20H2,1H3/t24-/m1/s1. The first-order valence-corrected chi connectivity index (χ1v) is 12.9. The zero-order valence-corrected chi connectivity index (χ0v) is 20.7. The van der Waals surface area contributed by atoms with E-state index in [4.69, 9.17) is 9.47 Å². The molecule has 3 aliphatic heterocycles. The van der Waals surface area contributed by atoms with Gasteiger partial charge in [-0.2, -0.15) is 0 Å². The summed E-state index contributed by atoms with van der Waals surface area (Å²) in [6.45, 7) is 6.45. The van der Waals surface area contributed by atoms with E-state index in [1.54, 1.807) is 12.0 Å². The number of β-amino-alcohol motifs (C(OH)–C–C–N with tert-alkyl or cyclic N) is 1. The topological polar surface area (TPSA) is 65.5 Å². The predicted molar refractivity (Wildman–Crippen MR) is 135 cm³/mol. The van der Waals surface area contributed by atoms with Crippen molar-refractivity contribution < 1.29 is 19.4 Å². The number of aliphatic hydroxyl groups excluding tert-OH is 1. The van der Waals surface area contributed by atoms with Gasteiger partial charge in [0.05, 0.1) is 24.3 Å². The average Bonchev–Trinajstić information content (AvgIpc) is 3.02. The third kappa shape index (κ3) is 5.86. The van der Waals surface area contributed by atoms with E-state index in [1.807, 2.05) is 18.2 Å². The van der Waals surface area contributed by atoms with Gasteiger partial charge in [0.15, 0.2) is 0 Å². The summed E-state index contributed by atoms with van der Waals surface area (Å²) >= 11 is 0. The molecule has 188 valence electrons. The number of aliphatic hydroxyl groups is 1. The fourth-order valence-corrected chi connectivity index (χ4v) is 5.55. The van der Waals surface area contributed by atoms with E-state index >= 15 is 0 Å². The van der Waals surface area contributed by atoms with E-state index < -0.39 is 6.10 Å². The molecule has 3 aliphatic rings. The van der Waals surface area contributed by atoms with Crippen molar-refractivity contribution in [1.82, 2.24) is 14.7 Å². The van der Waals surface area contributed by atoms with E-state index in [9.17, 15) is 9.90 Å². The van der Waals surface area contributed by atoms with Gasteiger partial charge in [-0.05, 0) is 48.1 Å². The SMILES string of the molecule is COC1CCN(Cc2ccc3c(c2)OCCN(C[C@H](O)CN2CCc4ccccc4C2)C3=O)CC1. The minimum absolute atomic E-state index is 0.0620.